The van der Waals surface area contributed by atoms with E-state index < -0.39 is 9.84 Å². The van der Waals surface area contributed by atoms with Crippen LogP contribution in [0.3, 0.4) is 0 Å². The maximum absolute atomic E-state index is 12.5. The monoisotopic (exact) mass is 298 g/mol. The standard InChI is InChI=1S/C16H14N2O2S/c1-12-10-13(14-6-2-3-7-15(14)18-12)11-21(19,20)16-8-4-5-9-17-16/h2-10H,11H2,1H3. The smallest absolute Gasteiger partial charge is 0.199 e. The van der Waals surface area contributed by atoms with Crippen molar-refractivity contribution in [3.63, 3.8) is 0 Å². The Balaban J connectivity index is 2.10. The minimum absolute atomic E-state index is 0.0755. The van der Waals surface area contributed by atoms with Gasteiger partial charge in [-0.05, 0) is 36.8 Å². The number of para-hydroxylation sites is 1. The third-order valence-corrected chi connectivity index (χ3v) is 4.80. The van der Waals surface area contributed by atoms with Crippen LogP contribution in [0, 0.1) is 6.92 Å². The lowest BCUT2D eigenvalue weighted by Gasteiger charge is -2.08. The SMILES string of the molecule is Cc1cc(CS(=O)(=O)c2ccccn2)c2ccccc2n1. The van der Waals surface area contributed by atoms with Crippen molar-refractivity contribution in [3.8, 4) is 0 Å². The van der Waals surface area contributed by atoms with Gasteiger partial charge in [0.15, 0.2) is 14.9 Å². The first kappa shape index (κ1) is 13.7. The molecular weight excluding hydrogens is 284 g/mol. The van der Waals surface area contributed by atoms with Crippen LogP contribution < -0.4 is 0 Å². The van der Waals surface area contributed by atoms with Crippen LogP contribution in [0.2, 0.25) is 0 Å². The van der Waals surface area contributed by atoms with Gasteiger partial charge in [-0.1, -0.05) is 24.3 Å². The first-order valence-corrected chi connectivity index (χ1v) is 8.20. The Morgan fingerprint density at radius 2 is 1.81 bits per heavy atom. The highest BCUT2D eigenvalue weighted by Gasteiger charge is 2.18. The summed E-state index contributed by atoms with van der Waals surface area (Å²) in [5, 5.41) is 0.964. The van der Waals surface area contributed by atoms with Gasteiger partial charge in [0.1, 0.15) is 0 Å². The average molecular weight is 298 g/mol. The molecule has 0 aliphatic heterocycles. The van der Waals surface area contributed by atoms with Gasteiger partial charge in [-0.2, -0.15) is 0 Å². The molecule has 0 bridgehead atoms. The van der Waals surface area contributed by atoms with Crippen LogP contribution in [0.25, 0.3) is 10.9 Å². The normalized spacial score (nSPS) is 11.7. The minimum Gasteiger partial charge on any atom is -0.253 e. The minimum atomic E-state index is -3.46. The van der Waals surface area contributed by atoms with Crippen molar-refractivity contribution in [3.05, 3.63) is 66.0 Å². The second-order valence-electron chi connectivity index (χ2n) is 4.87. The fraction of sp³-hybridized carbons (Fsp3) is 0.125. The lowest BCUT2D eigenvalue weighted by Crippen LogP contribution is -2.07. The number of aromatic nitrogens is 2. The molecule has 3 aromatic rings. The predicted octanol–water partition coefficient (Wildman–Crippen LogP) is 2.91. The maximum atomic E-state index is 12.5. The highest BCUT2D eigenvalue weighted by atomic mass is 32.2. The summed E-state index contributed by atoms with van der Waals surface area (Å²) >= 11 is 0. The van der Waals surface area contributed by atoms with Gasteiger partial charge in [0, 0.05) is 17.3 Å². The zero-order valence-corrected chi connectivity index (χ0v) is 12.3. The first-order valence-electron chi connectivity index (χ1n) is 6.55. The summed E-state index contributed by atoms with van der Waals surface area (Å²) in [5.74, 6) is -0.0755. The van der Waals surface area contributed by atoms with Crippen LogP contribution in [0.15, 0.2) is 59.8 Å². The molecule has 0 aliphatic rings. The summed E-state index contributed by atoms with van der Waals surface area (Å²) in [4.78, 5) is 8.37. The molecule has 0 fully saturated rings. The first-order chi connectivity index (χ1) is 10.1. The summed E-state index contributed by atoms with van der Waals surface area (Å²) in [6, 6.07) is 14.3. The van der Waals surface area contributed by atoms with Crippen LogP contribution in [-0.4, -0.2) is 18.4 Å². The molecule has 0 amide bonds. The average Bonchev–Trinajstić information content (AvgIpc) is 2.47. The van der Waals surface area contributed by atoms with E-state index in [9.17, 15) is 8.42 Å². The second kappa shape index (κ2) is 5.26. The molecule has 0 atom stereocenters. The Bertz CT molecular complexity index is 891. The van der Waals surface area contributed by atoms with Crippen LogP contribution in [0.4, 0.5) is 0 Å². The lowest BCUT2D eigenvalue weighted by molar-refractivity contribution is 0.591. The van der Waals surface area contributed by atoms with Crippen molar-refractivity contribution in [1.82, 2.24) is 9.97 Å². The summed E-state index contributed by atoms with van der Waals surface area (Å²) < 4.78 is 24.9. The van der Waals surface area contributed by atoms with Gasteiger partial charge in [0.05, 0.1) is 11.3 Å². The van der Waals surface area contributed by atoms with Gasteiger partial charge in [0.25, 0.3) is 0 Å². The van der Waals surface area contributed by atoms with E-state index in [0.29, 0.717) is 0 Å². The fourth-order valence-corrected chi connectivity index (χ4v) is 3.63. The number of rotatable bonds is 3. The van der Waals surface area contributed by atoms with E-state index in [-0.39, 0.29) is 10.8 Å². The van der Waals surface area contributed by atoms with E-state index in [1.54, 1.807) is 12.1 Å². The van der Waals surface area contributed by atoms with Crippen molar-refractivity contribution in [1.29, 1.82) is 0 Å². The number of sulfone groups is 1. The number of aryl methyl sites for hydroxylation is 1. The van der Waals surface area contributed by atoms with Crippen LogP contribution >= 0.6 is 0 Å². The Morgan fingerprint density at radius 1 is 1.05 bits per heavy atom. The van der Waals surface area contributed by atoms with Gasteiger partial charge in [-0.15, -0.1) is 0 Å². The van der Waals surface area contributed by atoms with Crippen molar-refractivity contribution >= 4 is 20.7 Å². The van der Waals surface area contributed by atoms with Gasteiger partial charge in [-0.3, -0.25) is 4.98 Å². The molecule has 0 spiro atoms. The maximum Gasteiger partial charge on any atom is 0.199 e. The second-order valence-corrected chi connectivity index (χ2v) is 6.80. The zero-order valence-electron chi connectivity index (χ0n) is 11.5. The molecule has 21 heavy (non-hydrogen) atoms. The van der Waals surface area contributed by atoms with Gasteiger partial charge >= 0.3 is 0 Å². The van der Waals surface area contributed by atoms with Crippen LogP contribution in [0.5, 0.6) is 0 Å². The molecular formula is C16H14N2O2S. The number of nitrogens with zero attached hydrogens (tertiary/aromatic N) is 2. The van der Waals surface area contributed by atoms with Crippen LogP contribution in [-0.2, 0) is 15.6 Å². The van der Waals surface area contributed by atoms with E-state index in [0.717, 1.165) is 22.2 Å². The highest BCUT2D eigenvalue weighted by molar-refractivity contribution is 7.90. The largest absolute Gasteiger partial charge is 0.253 e. The fourth-order valence-electron chi connectivity index (χ4n) is 2.32. The molecule has 5 heteroatoms. The predicted molar refractivity (Wildman–Crippen MR) is 81.6 cm³/mol. The van der Waals surface area contributed by atoms with Gasteiger partial charge in [-0.25, -0.2) is 13.4 Å². The zero-order chi connectivity index (χ0) is 14.9. The number of hydrogen-bond acceptors (Lipinski definition) is 4. The Morgan fingerprint density at radius 3 is 2.57 bits per heavy atom. The van der Waals surface area contributed by atoms with Gasteiger partial charge < -0.3 is 0 Å². The van der Waals surface area contributed by atoms with E-state index in [4.69, 9.17) is 0 Å². The molecule has 4 nitrogen and oxygen atoms in total. The third kappa shape index (κ3) is 2.78. The molecule has 2 heterocycles. The molecule has 0 saturated carbocycles. The number of fused-ring (bicyclic) bond motifs is 1. The summed E-state index contributed by atoms with van der Waals surface area (Å²) in [6.45, 7) is 1.86. The van der Waals surface area contributed by atoms with Crippen molar-refractivity contribution in [2.24, 2.45) is 0 Å². The van der Waals surface area contributed by atoms with Crippen molar-refractivity contribution in [2.45, 2.75) is 17.7 Å². The Kier molecular flexibility index (Phi) is 3.43. The lowest BCUT2D eigenvalue weighted by atomic mass is 10.1. The Labute approximate surface area is 123 Å². The van der Waals surface area contributed by atoms with Gasteiger partial charge in [0.2, 0.25) is 0 Å². The van der Waals surface area contributed by atoms with Crippen molar-refractivity contribution in [2.75, 3.05) is 0 Å². The van der Waals surface area contributed by atoms with E-state index in [2.05, 4.69) is 9.97 Å². The van der Waals surface area contributed by atoms with E-state index in [1.165, 1.54) is 12.3 Å². The quantitative estimate of drug-likeness (QED) is 0.746. The molecule has 3 rings (SSSR count). The van der Waals surface area contributed by atoms with Crippen molar-refractivity contribution < 1.29 is 8.42 Å². The molecule has 0 N–H and O–H groups in total. The number of benzene rings is 1. The van der Waals surface area contributed by atoms with E-state index in [1.807, 2.05) is 37.3 Å². The highest BCUT2D eigenvalue weighted by Crippen LogP contribution is 2.22. The molecule has 106 valence electrons. The van der Waals surface area contributed by atoms with Crippen LogP contribution in [0.1, 0.15) is 11.3 Å². The Hall–Kier alpha value is -2.27. The molecule has 2 aromatic heterocycles. The van der Waals surface area contributed by atoms with E-state index >= 15 is 0 Å². The molecule has 0 unspecified atom stereocenters. The topological polar surface area (TPSA) is 59.9 Å². The third-order valence-electron chi connectivity index (χ3n) is 3.23. The summed E-state index contributed by atoms with van der Waals surface area (Å²) in [5.41, 5.74) is 2.37. The molecule has 1 aromatic carbocycles. The summed E-state index contributed by atoms with van der Waals surface area (Å²) in [6.07, 6.45) is 1.49. The number of hydrogen-bond donors (Lipinski definition) is 0. The number of pyridine rings is 2. The molecule has 0 saturated heterocycles. The summed E-state index contributed by atoms with van der Waals surface area (Å²) in [7, 11) is -3.46. The molecule has 0 aliphatic carbocycles. The molecule has 0 radical (unpaired) electrons.